The van der Waals surface area contributed by atoms with Gasteiger partial charge in [-0.1, -0.05) is 62.7 Å². The third-order valence-electron chi connectivity index (χ3n) is 4.05. The van der Waals surface area contributed by atoms with Crippen molar-refractivity contribution in [3.63, 3.8) is 0 Å². The molecule has 0 unspecified atom stereocenters. The summed E-state index contributed by atoms with van der Waals surface area (Å²) in [5.74, 6) is -0.281. The molecular formula is C19H23N3O2. The first-order valence-corrected chi connectivity index (χ1v) is 8.03. The highest BCUT2D eigenvalue weighted by atomic mass is 16.2. The predicted molar refractivity (Wildman–Crippen MR) is 96.5 cm³/mol. The highest BCUT2D eigenvalue weighted by Gasteiger charge is 2.25. The van der Waals surface area contributed by atoms with Crippen molar-refractivity contribution in [1.82, 2.24) is 5.32 Å². The van der Waals surface area contributed by atoms with Crippen LogP contribution in [0.5, 0.6) is 0 Å². The smallest absolute Gasteiger partial charge is 0.312 e. The summed E-state index contributed by atoms with van der Waals surface area (Å²) in [6.07, 6.45) is 0.755. The number of primary amides is 1. The lowest BCUT2D eigenvalue weighted by Gasteiger charge is -2.22. The van der Waals surface area contributed by atoms with E-state index in [1.807, 2.05) is 68.4 Å². The van der Waals surface area contributed by atoms with Gasteiger partial charge in [-0.3, -0.25) is 4.79 Å². The number of nitrogens with two attached hydrogens (primary N) is 1. The van der Waals surface area contributed by atoms with Crippen LogP contribution in [0.2, 0.25) is 0 Å². The van der Waals surface area contributed by atoms with Crippen LogP contribution in [-0.4, -0.2) is 18.0 Å². The molecular weight excluding hydrogens is 302 g/mol. The molecule has 0 aromatic heterocycles. The summed E-state index contributed by atoms with van der Waals surface area (Å²) in [5.41, 5.74) is 8.04. The zero-order chi connectivity index (χ0) is 17.5. The molecule has 4 N–H and O–H groups in total. The normalized spacial score (nSPS) is 12.9. The number of nitrogens with one attached hydrogen (secondary N) is 2. The molecule has 2 aromatic carbocycles. The SMILES string of the molecule is CC[C@H](C)[C@H](NC(N)=O)C(=O)Nc1ccc(-c2ccccc2)cc1. The van der Waals surface area contributed by atoms with Crippen molar-refractivity contribution in [1.29, 1.82) is 0 Å². The molecule has 0 spiro atoms. The number of hydrogen-bond donors (Lipinski definition) is 3. The summed E-state index contributed by atoms with van der Waals surface area (Å²) < 4.78 is 0. The van der Waals surface area contributed by atoms with Crippen molar-refractivity contribution >= 4 is 17.6 Å². The summed E-state index contributed by atoms with van der Waals surface area (Å²) in [6, 6.07) is 16.2. The molecule has 0 saturated carbocycles. The van der Waals surface area contributed by atoms with Crippen molar-refractivity contribution in [2.45, 2.75) is 26.3 Å². The standard InChI is InChI=1S/C19H23N3O2/c1-3-13(2)17(22-19(20)24)18(23)21-16-11-9-15(10-12-16)14-7-5-4-6-8-14/h4-13,17H,3H2,1-2H3,(H,21,23)(H3,20,22,24)/t13-,17-/m0/s1. The first kappa shape index (κ1) is 17.5. The van der Waals surface area contributed by atoms with Gasteiger partial charge in [-0.25, -0.2) is 4.79 Å². The number of rotatable bonds is 6. The number of carbonyl (C=O) groups is 2. The number of carbonyl (C=O) groups excluding carboxylic acids is 2. The zero-order valence-electron chi connectivity index (χ0n) is 14.0. The van der Waals surface area contributed by atoms with Crippen LogP contribution in [0.15, 0.2) is 54.6 Å². The molecule has 0 aliphatic heterocycles. The molecule has 2 atom stereocenters. The van der Waals surface area contributed by atoms with Crippen LogP contribution in [0.4, 0.5) is 10.5 Å². The van der Waals surface area contributed by atoms with Gasteiger partial charge in [0.25, 0.3) is 0 Å². The van der Waals surface area contributed by atoms with Gasteiger partial charge < -0.3 is 16.4 Å². The Balaban J connectivity index is 2.09. The average molecular weight is 325 g/mol. The molecule has 0 aliphatic rings. The zero-order valence-corrected chi connectivity index (χ0v) is 14.0. The maximum atomic E-state index is 12.4. The number of benzene rings is 2. The van der Waals surface area contributed by atoms with Crippen molar-refractivity contribution in [3.8, 4) is 11.1 Å². The van der Waals surface area contributed by atoms with Crippen molar-refractivity contribution in [2.24, 2.45) is 11.7 Å². The van der Waals surface area contributed by atoms with E-state index in [0.29, 0.717) is 5.69 Å². The van der Waals surface area contributed by atoms with E-state index in [4.69, 9.17) is 5.73 Å². The first-order valence-electron chi connectivity index (χ1n) is 8.03. The van der Waals surface area contributed by atoms with E-state index in [9.17, 15) is 9.59 Å². The summed E-state index contributed by atoms with van der Waals surface area (Å²) in [6.45, 7) is 3.86. The Hall–Kier alpha value is -2.82. The summed E-state index contributed by atoms with van der Waals surface area (Å²) in [5, 5.41) is 5.35. The molecule has 5 nitrogen and oxygen atoms in total. The van der Waals surface area contributed by atoms with E-state index < -0.39 is 12.1 Å². The number of urea groups is 1. The number of anilines is 1. The number of amides is 3. The van der Waals surface area contributed by atoms with Crippen LogP contribution in [0.3, 0.4) is 0 Å². The molecule has 0 heterocycles. The quantitative estimate of drug-likeness (QED) is 0.760. The fourth-order valence-electron chi connectivity index (χ4n) is 2.45. The van der Waals surface area contributed by atoms with Crippen LogP contribution in [-0.2, 0) is 4.79 Å². The Morgan fingerprint density at radius 1 is 1.00 bits per heavy atom. The van der Waals surface area contributed by atoms with Gasteiger partial charge in [-0.05, 0) is 29.2 Å². The van der Waals surface area contributed by atoms with Gasteiger partial charge in [-0.2, -0.15) is 0 Å². The van der Waals surface area contributed by atoms with Crippen LogP contribution in [0.1, 0.15) is 20.3 Å². The van der Waals surface area contributed by atoms with Gasteiger partial charge in [0.2, 0.25) is 5.91 Å². The van der Waals surface area contributed by atoms with Gasteiger partial charge in [0.15, 0.2) is 0 Å². The highest BCUT2D eigenvalue weighted by Crippen LogP contribution is 2.21. The Labute approximate surface area is 142 Å². The lowest BCUT2D eigenvalue weighted by molar-refractivity contribution is -0.119. The summed E-state index contributed by atoms with van der Waals surface area (Å²) >= 11 is 0. The molecule has 3 amide bonds. The topological polar surface area (TPSA) is 84.2 Å². The molecule has 0 saturated heterocycles. The summed E-state index contributed by atoms with van der Waals surface area (Å²) in [4.78, 5) is 23.5. The highest BCUT2D eigenvalue weighted by molar-refractivity contribution is 5.97. The fourth-order valence-corrected chi connectivity index (χ4v) is 2.45. The van der Waals surface area contributed by atoms with Crippen molar-refractivity contribution < 1.29 is 9.59 Å². The van der Waals surface area contributed by atoms with Gasteiger partial charge >= 0.3 is 6.03 Å². The molecule has 0 aliphatic carbocycles. The minimum Gasteiger partial charge on any atom is -0.352 e. The molecule has 24 heavy (non-hydrogen) atoms. The largest absolute Gasteiger partial charge is 0.352 e. The maximum Gasteiger partial charge on any atom is 0.312 e. The van der Waals surface area contributed by atoms with Gasteiger partial charge in [0, 0.05) is 5.69 Å². The van der Waals surface area contributed by atoms with Crippen LogP contribution in [0, 0.1) is 5.92 Å². The molecule has 0 fully saturated rings. The lowest BCUT2D eigenvalue weighted by Crippen LogP contribution is -2.49. The number of hydrogen-bond acceptors (Lipinski definition) is 2. The molecule has 5 heteroatoms. The van der Waals surface area contributed by atoms with Crippen molar-refractivity contribution in [3.05, 3.63) is 54.6 Å². The lowest BCUT2D eigenvalue weighted by atomic mass is 9.98. The minimum absolute atomic E-state index is 0.0129. The van der Waals surface area contributed by atoms with E-state index in [0.717, 1.165) is 17.5 Å². The van der Waals surface area contributed by atoms with Crippen LogP contribution >= 0.6 is 0 Å². The van der Waals surface area contributed by atoms with E-state index in [1.54, 1.807) is 0 Å². The monoisotopic (exact) mass is 325 g/mol. The fraction of sp³-hybridized carbons (Fsp3) is 0.263. The second kappa shape index (κ2) is 8.15. The Kier molecular flexibility index (Phi) is 5.95. The van der Waals surface area contributed by atoms with E-state index in [2.05, 4.69) is 10.6 Å². The Bertz CT molecular complexity index is 684. The Morgan fingerprint density at radius 3 is 2.12 bits per heavy atom. The summed E-state index contributed by atoms with van der Waals surface area (Å²) in [7, 11) is 0. The third-order valence-corrected chi connectivity index (χ3v) is 4.05. The molecule has 0 radical (unpaired) electrons. The van der Waals surface area contributed by atoms with E-state index >= 15 is 0 Å². The molecule has 2 aromatic rings. The first-order chi connectivity index (χ1) is 11.5. The van der Waals surface area contributed by atoms with Gasteiger partial charge in [0.05, 0.1) is 0 Å². The second-order valence-electron chi connectivity index (χ2n) is 5.80. The maximum absolute atomic E-state index is 12.4. The Morgan fingerprint density at radius 2 is 1.58 bits per heavy atom. The minimum atomic E-state index is -0.699. The van der Waals surface area contributed by atoms with Crippen LogP contribution < -0.4 is 16.4 Å². The van der Waals surface area contributed by atoms with Crippen LogP contribution in [0.25, 0.3) is 11.1 Å². The van der Waals surface area contributed by atoms with E-state index in [1.165, 1.54) is 0 Å². The van der Waals surface area contributed by atoms with Gasteiger partial charge in [-0.15, -0.1) is 0 Å². The molecule has 0 bridgehead atoms. The van der Waals surface area contributed by atoms with Crippen molar-refractivity contribution in [2.75, 3.05) is 5.32 Å². The average Bonchev–Trinajstić information content (AvgIpc) is 2.60. The van der Waals surface area contributed by atoms with Gasteiger partial charge in [0.1, 0.15) is 6.04 Å². The molecule has 126 valence electrons. The predicted octanol–water partition coefficient (Wildman–Crippen LogP) is 3.38. The molecule has 2 rings (SSSR count). The third kappa shape index (κ3) is 4.59. The van der Waals surface area contributed by atoms with E-state index in [-0.39, 0.29) is 11.8 Å². The second-order valence-corrected chi connectivity index (χ2v) is 5.80.